The fourth-order valence-corrected chi connectivity index (χ4v) is 3.38. The lowest BCUT2D eigenvalue weighted by Gasteiger charge is -2.14. The van der Waals surface area contributed by atoms with Gasteiger partial charge in [-0.05, 0) is 43.2 Å². The number of rotatable bonds is 5. The van der Waals surface area contributed by atoms with E-state index < -0.39 is 5.82 Å². The number of phenols is 1. The molecule has 1 aromatic carbocycles. The van der Waals surface area contributed by atoms with Gasteiger partial charge in [0.1, 0.15) is 0 Å². The van der Waals surface area contributed by atoms with Crippen molar-refractivity contribution in [2.45, 2.75) is 31.6 Å². The second-order valence-electron chi connectivity index (χ2n) is 5.00. The van der Waals surface area contributed by atoms with E-state index in [1.165, 1.54) is 30.7 Å². The molecule has 0 aliphatic carbocycles. The van der Waals surface area contributed by atoms with Crippen LogP contribution in [0.2, 0.25) is 0 Å². The molecule has 1 aliphatic heterocycles. The van der Waals surface area contributed by atoms with Gasteiger partial charge in [0, 0.05) is 18.3 Å². The highest BCUT2D eigenvalue weighted by Gasteiger charge is 2.15. The number of nitrogens with one attached hydrogen (secondary N) is 2. The Labute approximate surface area is 152 Å². The number of hydrogen-bond acceptors (Lipinski definition) is 3. The number of nitrogens with zero attached hydrogens (tertiary/aromatic N) is 1. The lowest BCUT2D eigenvalue weighted by Crippen LogP contribution is -2.40. The van der Waals surface area contributed by atoms with E-state index in [0.29, 0.717) is 11.8 Å². The van der Waals surface area contributed by atoms with Crippen LogP contribution in [0, 0.1) is 5.82 Å². The number of aromatic hydroxyl groups is 1. The fourth-order valence-electron chi connectivity index (χ4n) is 2.18. The lowest BCUT2D eigenvalue weighted by molar-refractivity contribution is 0.432. The summed E-state index contributed by atoms with van der Waals surface area (Å²) in [7, 11) is 0. The van der Waals surface area contributed by atoms with Crippen LogP contribution in [0.5, 0.6) is 5.75 Å². The van der Waals surface area contributed by atoms with Crippen molar-refractivity contribution in [2.75, 3.05) is 18.8 Å². The number of thioether (sulfide) groups is 1. The van der Waals surface area contributed by atoms with E-state index in [9.17, 15) is 9.50 Å². The Morgan fingerprint density at radius 1 is 1.45 bits per heavy atom. The van der Waals surface area contributed by atoms with Gasteiger partial charge in [0.25, 0.3) is 0 Å². The van der Waals surface area contributed by atoms with Gasteiger partial charge in [-0.15, -0.1) is 24.0 Å². The Morgan fingerprint density at radius 2 is 2.27 bits per heavy atom. The van der Waals surface area contributed by atoms with Crippen LogP contribution in [0.25, 0.3) is 0 Å². The molecule has 1 aromatic rings. The molecule has 0 aromatic heterocycles. The average Bonchev–Trinajstić information content (AvgIpc) is 2.99. The summed E-state index contributed by atoms with van der Waals surface area (Å²) in [5, 5.41) is 16.3. The number of phenolic OH excluding ortho intramolecular Hbond substituents is 1. The van der Waals surface area contributed by atoms with Gasteiger partial charge in [-0.2, -0.15) is 11.8 Å². The van der Waals surface area contributed by atoms with Gasteiger partial charge in [-0.25, -0.2) is 9.38 Å². The topological polar surface area (TPSA) is 56.7 Å². The standard InChI is InChI=1S/C15H22FN3OS.HI/c1-2-17-15(19-10-12-4-3-7-21-12)18-9-11-5-6-14(20)13(16)8-11;/h5-6,8,12,20H,2-4,7,9-10H2,1H3,(H2,17,18,19);1H. The second-order valence-corrected chi connectivity index (χ2v) is 6.41. The first-order chi connectivity index (χ1) is 10.2. The summed E-state index contributed by atoms with van der Waals surface area (Å²) in [6, 6.07) is 4.35. The molecule has 2 rings (SSSR count). The van der Waals surface area contributed by atoms with E-state index in [1.54, 1.807) is 6.07 Å². The zero-order chi connectivity index (χ0) is 15.1. The molecule has 1 fully saturated rings. The maximum Gasteiger partial charge on any atom is 0.191 e. The quantitative estimate of drug-likeness (QED) is 0.375. The molecule has 1 unspecified atom stereocenters. The van der Waals surface area contributed by atoms with E-state index in [-0.39, 0.29) is 29.7 Å². The Kier molecular flexibility index (Phi) is 8.92. The van der Waals surface area contributed by atoms with Crippen molar-refractivity contribution in [2.24, 2.45) is 4.99 Å². The van der Waals surface area contributed by atoms with E-state index in [2.05, 4.69) is 15.6 Å². The fraction of sp³-hybridized carbons (Fsp3) is 0.533. The smallest absolute Gasteiger partial charge is 0.191 e. The molecule has 1 heterocycles. The van der Waals surface area contributed by atoms with E-state index in [0.717, 1.165) is 24.6 Å². The Balaban J connectivity index is 0.00000242. The summed E-state index contributed by atoms with van der Waals surface area (Å²) in [4.78, 5) is 4.45. The van der Waals surface area contributed by atoms with Gasteiger partial charge in [-0.3, -0.25) is 0 Å². The van der Waals surface area contributed by atoms with Crippen LogP contribution in [0.15, 0.2) is 23.2 Å². The van der Waals surface area contributed by atoms with Crippen LogP contribution in [-0.4, -0.2) is 35.2 Å². The first kappa shape index (κ1) is 19.3. The van der Waals surface area contributed by atoms with Gasteiger partial charge in [0.15, 0.2) is 17.5 Å². The monoisotopic (exact) mass is 439 g/mol. The molecule has 0 radical (unpaired) electrons. The van der Waals surface area contributed by atoms with Gasteiger partial charge < -0.3 is 15.7 Å². The van der Waals surface area contributed by atoms with Crippen molar-refractivity contribution in [3.8, 4) is 5.75 Å². The second kappa shape index (κ2) is 10.1. The molecule has 22 heavy (non-hydrogen) atoms. The highest BCUT2D eigenvalue weighted by molar-refractivity contribution is 14.0. The summed E-state index contributed by atoms with van der Waals surface area (Å²) >= 11 is 2.00. The summed E-state index contributed by atoms with van der Waals surface area (Å²) in [5.41, 5.74) is 0.734. The minimum atomic E-state index is -0.608. The van der Waals surface area contributed by atoms with Crippen molar-refractivity contribution in [1.82, 2.24) is 10.6 Å². The minimum absolute atomic E-state index is 0. The van der Waals surface area contributed by atoms with Crippen LogP contribution in [0.3, 0.4) is 0 Å². The Bertz CT molecular complexity index is 496. The summed E-state index contributed by atoms with van der Waals surface area (Å²) < 4.78 is 13.3. The highest BCUT2D eigenvalue weighted by Crippen LogP contribution is 2.25. The Hall–Kier alpha value is -0.700. The number of aliphatic imine (C=N–C) groups is 1. The number of benzene rings is 1. The normalized spacial score (nSPS) is 17.9. The van der Waals surface area contributed by atoms with Gasteiger partial charge in [0.2, 0.25) is 0 Å². The SMILES string of the molecule is CCNC(=NCc1ccc(O)c(F)c1)NCC1CCCS1.I. The third-order valence-corrected chi connectivity index (χ3v) is 4.70. The van der Waals surface area contributed by atoms with Crippen molar-refractivity contribution in [3.63, 3.8) is 0 Å². The summed E-state index contributed by atoms with van der Waals surface area (Å²) in [6.45, 7) is 4.08. The van der Waals surface area contributed by atoms with Crippen molar-refractivity contribution in [1.29, 1.82) is 0 Å². The van der Waals surface area contributed by atoms with Crippen molar-refractivity contribution < 1.29 is 9.50 Å². The zero-order valence-corrected chi connectivity index (χ0v) is 15.8. The van der Waals surface area contributed by atoms with Crippen LogP contribution in [0.1, 0.15) is 25.3 Å². The number of hydrogen-bond donors (Lipinski definition) is 3. The molecule has 0 saturated carbocycles. The van der Waals surface area contributed by atoms with Gasteiger partial charge in [-0.1, -0.05) is 6.07 Å². The molecule has 4 nitrogen and oxygen atoms in total. The molecule has 7 heteroatoms. The van der Waals surface area contributed by atoms with Gasteiger partial charge >= 0.3 is 0 Å². The lowest BCUT2D eigenvalue weighted by atomic mass is 10.2. The van der Waals surface area contributed by atoms with Crippen LogP contribution in [-0.2, 0) is 6.54 Å². The summed E-state index contributed by atoms with van der Waals surface area (Å²) in [6.07, 6.45) is 2.54. The minimum Gasteiger partial charge on any atom is -0.505 e. The van der Waals surface area contributed by atoms with E-state index >= 15 is 0 Å². The third-order valence-electron chi connectivity index (χ3n) is 3.30. The molecule has 0 amide bonds. The molecule has 0 spiro atoms. The maximum absolute atomic E-state index is 13.3. The van der Waals surface area contributed by atoms with Crippen LogP contribution < -0.4 is 10.6 Å². The molecule has 124 valence electrons. The van der Waals surface area contributed by atoms with E-state index in [1.807, 2.05) is 18.7 Å². The number of halogens is 2. The molecule has 3 N–H and O–H groups in total. The summed E-state index contributed by atoms with van der Waals surface area (Å²) in [5.74, 6) is 1.06. The van der Waals surface area contributed by atoms with Crippen molar-refractivity contribution >= 4 is 41.7 Å². The highest BCUT2D eigenvalue weighted by atomic mass is 127. The third kappa shape index (κ3) is 6.20. The molecule has 1 atom stereocenters. The predicted molar refractivity (Wildman–Crippen MR) is 102 cm³/mol. The molecule has 1 aliphatic rings. The first-order valence-electron chi connectivity index (χ1n) is 7.30. The predicted octanol–water partition coefficient (Wildman–Crippen LogP) is 3.10. The van der Waals surface area contributed by atoms with E-state index in [4.69, 9.17) is 0 Å². The zero-order valence-electron chi connectivity index (χ0n) is 12.6. The van der Waals surface area contributed by atoms with Crippen LogP contribution in [0.4, 0.5) is 4.39 Å². The molecular weight excluding hydrogens is 416 g/mol. The molecule has 1 saturated heterocycles. The molecular formula is C15H23FIN3OS. The first-order valence-corrected chi connectivity index (χ1v) is 8.35. The van der Waals surface area contributed by atoms with Gasteiger partial charge in [0.05, 0.1) is 6.54 Å². The maximum atomic E-state index is 13.3. The Morgan fingerprint density at radius 3 is 2.91 bits per heavy atom. The van der Waals surface area contributed by atoms with Crippen molar-refractivity contribution in [3.05, 3.63) is 29.6 Å². The average molecular weight is 439 g/mol. The largest absolute Gasteiger partial charge is 0.505 e. The molecule has 0 bridgehead atoms. The number of guanidine groups is 1. The van der Waals surface area contributed by atoms with Crippen LogP contribution >= 0.6 is 35.7 Å².